The number of alkyl halides is 1. The van der Waals surface area contributed by atoms with Gasteiger partial charge in [0.2, 0.25) is 0 Å². The molecular weight excluding hydrogens is 172 g/mol. The Balaban J connectivity index is 1.94. The molecule has 0 bridgehead atoms. The SMILES string of the molecule is ClC1C=C(C2CCOCC2)CC1. The first-order chi connectivity index (χ1) is 5.86. The van der Waals surface area contributed by atoms with Gasteiger partial charge < -0.3 is 4.74 Å². The lowest BCUT2D eigenvalue weighted by molar-refractivity contribution is 0.0752. The molecule has 1 aliphatic carbocycles. The van der Waals surface area contributed by atoms with Gasteiger partial charge in [-0.25, -0.2) is 0 Å². The molecule has 0 aromatic carbocycles. The molecule has 1 unspecified atom stereocenters. The second kappa shape index (κ2) is 3.80. The molecule has 0 saturated carbocycles. The van der Waals surface area contributed by atoms with E-state index in [2.05, 4.69) is 6.08 Å². The average Bonchev–Trinajstić information content (AvgIpc) is 2.54. The molecule has 2 rings (SSSR count). The molecule has 12 heavy (non-hydrogen) atoms. The van der Waals surface area contributed by atoms with E-state index >= 15 is 0 Å². The van der Waals surface area contributed by atoms with Gasteiger partial charge in [-0.3, -0.25) is 0 Å². The number of halogens is 1. The summed E-state index contributed by atoms with van der Waals surface area (Å²) in [6.45, 7) is 1.88. The summed E-state index contributed by atoms with van der Waals surface area (Å²) in [4.78, 5) is 0. The van der Waals surface area contributed by atoms with Crippen LogP contribution < -0.4 is 0 Å². The van der Waals surface area contributed by atoms with E-state index in [0.717, 1.165) is 25.6 Å². The van der Waals surface area contributed by atoms with Crippen molar-refractivity contribution in [3.8, 4) is 0 Å². The predicted molar refractivity (Wildman–Crippen MR) is 50.5 cm³/mol. The molecule has 0 N–H and O–H groups in total. The zero-order valence-electron chi connectivity index (χ0n) is 7.26. The zero-order valence-corrected chi connectivity index (χ0v) is 8.02. The van der Waals surface area contributed by atoms with Crippen LogP contribution in [0, 0.1) is 5.92 Å². The number of ether oxygens (including phenoxy) is 1. The molecule has 0 amide bonds. The van der Waals surface area contributed by atoms with Crippen molar-refractivity contribution in [1.29, 1.82) is 0 Å². The van der Waals surface area contributed by atoms with Gasteiger partial charge in [0.15, 0.2) is 0 Å². The van der Waals surface area contributed by atoms with E-state index in [4.69, 9.17) is 16.3 Å². The number of rotatable bonds is 1. The van der Waals surface area contributed by atoms with Crippen molar-refractivity contribution in [3.63, 3.8) is 0 Å². The van der Waals surface area contributed by atoms with Crippen molar-refractivity contribution in [2.75, 3.05) is 13.2 Å². The van der Waals surface area contributed by atoms with Gasteiger partial charge in [-0.2, -0.15) is 0 Å². The normalized spacial score (nSPS) is 32.1. The largest absolute Gasteiger partial charge is 0.381 e. The van der Waals surface area contributed by atoms with E-state index < -0.39 is 0 Å². The lowest BCUT2D eigenvalue weighted by Crippen LogP contribution is -2.16. The summed E-state index contributed by atoms with van der Waals surface area (Å²) >= 11 is 6.02. The third-order valence-electron chi connectivity index (χ3n) is 2.85. The zero-order chi connectivity index (χ0) is 8.39. The molecule has 0 radical (unpaired) electrons. The van der Waals surface area contributed by atoms with Crippen molar-refractivity contribution < 1.29 is 4.74 Å². The van der Waals surface area contributed by atoms with Crippen molar-refractivity contribution in [1.82, 2.24) is 0 Å². The maximum Gasteiger partial charge on any atom is 0.0521 e. The molecule has 0 spiro atoms. The first-order valence-corrected chi connectivity index (χ1v) is 5.22. The standard InChI is InChI=1S/C10H15ClO/c11-10-2-1-9(7-10)8-3-5-12-6-4-8/h7-8,10H,1-6H2. The topological polar surface area (TPSA) is 9.23 Å². The second-order valence-electron chi connectivity index (χ2n) is 3.68. The van der Waals surface area contributed by atoms with Crippen LogP contribution in [0.4, 0.5) is 0 Å². The van der Waals surface area contributed by atoms with E-state index in [1.54, 1.807) is 5.57 Å². The van der Waals surface area contributed by atoms with Crippen molar-refractivity contribution in [2.45, 2.75) is 31.1 Å². The Labute approximate surface area is 78.7 Å². The van der Waals surface area contributed by atoms with Crippen molar-refractivity contribution in [3.05, 3.63) is 11.6 Å². The van der Waals surface area contributed by atoms with Gasteiger partial charge in [-0.05, 0) is 31.6 Å². The Kier molecular flexibility index (Phi) is 2.72. The molecule has 1 aliphatic heterocycles. The van der Waals surface area contributed by atoms with Crippen LogP contribution in [0.5, 0.6) is 0 Å². The highest BCUT2D eigenvalue weighted by molar-refractivity contribution is 6.22. The van der Waals surface area contributed by atoms with Crippen LogP contribution in [-0.4, -0.2) is 18.6 Å². The molecule has 68 valence electrons. The smallest absolute Gasteiger partial charge is 0.0521 e. The lowest BCUT2D eigenvalue weighted by atomic mass is 9.91. The van der Waals surface area contributed by atoms with Gasteiger partial charge in [0.25, 0.3) is 0 Å². The van der Waals surface area contributed by atoms with Crippen LogP contribution in [0.15, 0.2) is 11.6 Å². The van der Waals surface area contributed by atoms with Crippen molar-refractivity contribution >= 4 is 11.6 Å². The van der Waals surface area contributed by atoms with Crippen LogP contribution in [0.1, 0.15) is 25.7 Å². The summed E-state index contributed by atoms with van der Waals surface area (Å²) in [6, 6.07) is 0. The van der Waals surface area contributed by atoms with Crippen LogP contribution in [0.2, 0.25) is 0 Å². The molecule has 1 heterocycles. The summed E-state index contributed by atoms with van der Waals surface area (Å²) in [5, 5.41) is 0.308. The summed E-state index contributed by atoms with van der Waals surface area (Å²) in [7, 11) is 0. The highest BCUT2D eigenvalue weighted by Crippen LogP contribution is 2.33. The Hall–Kier alpha value is -0.0100. The molecule has 0 aromatic rings. The molecule has 1 atom stereocenters. The monoisotopic (exact) mass is 186 g/mol. The summed E-state index contributed by atoms with van der Waals surface area (Å²) in [5.41, 5.74) is 1.60. The fraction of sp³-hybridized carbons (Fsp3) is 0.800. The summed E-state index contributed by atoms with van der Waals surface area (Å²) in [6.07, 6.45) is 7.04. The minimum absolute atomic E-state index is 0.308. The summed E-state index contributed by atoms with van der Waals surface area (Å²) in [5.74, 6) is 0.780. The number of hydrogen-bond donors (Lipinski definition) is 0. The van der Waals surface area contributed by atoms with E-state index in [1.165, 1.54) is 19.3 Å². The second-order valence-corrected chi connectivity index (χ2v) is 4.24. The van der Waals surface area contributed by atoms with Gasteiger partial charge in [-0.1, -0.05) is 11.6 Å². The highest BCUT2D eigenvalue weighted by Gasteiger charge is 2.22. The molecule has 2 aliphatic rings. The van der Waals surface area contributed by atoms with E-state index in [-0.39, 0.29) is 0 Å². The van der Waals surface area contributed by atoms with Gasteiger partial charge in [0.05, 0.1) is 5.38 Å². The molecule has 0 aromatic heterocycles. The van der Waals surface area contributed by atoms with Crippen LogP contribution >= 0.6 is 11.6 Å². The Morgan fingerprint density at radius 3 is 2.58 bits per heavy atom. The van der Waals surface area contributed by atoms with Crippen molar-refractivity contribution in [2.24, 2.45) is 5.92 Å². The van der Waals surface area contributed by atoms with Gasteiger partial charge in [0, 0.05) is 13.2 Å². The Morgan fingerprint density at radius 2 is 2.00 bits per heavy atom. The van der Waals surface area contributed by atoms with Crippen LogP contribution in [0.3, 0.4) is 0 Å². The average molecular weight is 187 g/mol. The highest BCUT2D eigenvalue weighted by atomic mass is 35.5. The molecule has 2 heteroatoms. The number of hydrogen-bond acceptors (Lipinski definition) is 1. The number of allylic oxidation sites excluding steroid dienone is 2. The molecule has 1 nitrogen and oxygen atoms in total. The lowest BCUT2D eigenvalue weighted by Gasteiger charge is -2.23. The Morgan fingerprint density at radius 1 is 1.25 bits per heavy atom. The van der Waals surface area contributed by atoms with E-state index in [1.807, 2.05) is 0 Å². The third kappa shape index (κ3) is 1.83. The minimum Gasteiger partial charge on any atom is -0.381 e. The first-order valence-electron chi connectivity index (χ1n) is 4.78. The minimum atomic E-state index is 0.308. The van der Waals surface area contributed by atoms with E-state index in [9.17, 15) is 0 Å². The Bertz CT molecular complexity index is 182. The van der Waals surface area contributed by atoms with Gasteiger partial charge in [0.1, 0.15) is 0 Å². The van der Waals surface area contributed by atoms with Gasteiger partial charge >= 0.3 is 0 Å². The maximum atomic E-state index is 6.02. The fourth-order valence-electron chi connectivity index (χ4n) is 2.11. The maximum absolute atomic E-state index is 6.02. The fourth-order valence-corrected chi connectivity index (χ4v) is 2.38. The first kappa shape index (κ1) is 8.58. The predicted octanol–water partition coefficient (Wildman–Crippen LogP) is 2.74. The quantitative estimate of drug-likeness (QED) is 0.452. The third-order valence-corrected chi connectivity index (χ3v) is 3.19. The molecular formula is C10H15ClO. The summed E-state index contributed by atoms with van der Waals surface area (Å²) < 4.78 is 5.33. The van der Waals surface area contributed by atoms with E-state index in [0.29, 0.717) is 5.38 Å². The molecule has 1 saturated heterocycles. The van der Waals surface area contributed by atoms with Crippen LogP contribution in [-0.2, 0) is 4.74 Å². The van der Waals surface area contributed by atoms with Crippen LogP contribution in [0.25, 0.3) is 0 Å². The van der Waals surface area contributed by atoms with Gasteiger partial charge in [-0.15, -0.1) is 11.6 Å². The molecule has 1 fully saturated rings.